The standard InChI is InChI=1S/C10H15NO4S/c1-3-10(8-15-16(12,13)14)11-6-4-5-9(2)7-11/h4-7,10H,3,8H2,1-2H3/p+1. The molecular formula is C10H16NO4S+. The SMILES string of the molecule is CCC(COS(=O)(=O)O)[n+]1cccc(C)c1. The van der Waals surface area contributed by atoms with E-state index in [0.29, 0.717) is 6.42 Å². The monoisotopic (exact) mass is 246 g/mol. The number of rotatable bonds is 5. The molecule has 0 aliphatic carbocycles. The predicted molar refractivity (Wildman–Crippen MR) is 58.2 cm³/mol. The van der Waals surface area contributed by atoms with Gasteiger partial charge in [-0.1, -0.05) is 6.92 Å². The zero-order valence-corrected chi connectivity index (χ0v) is 10.1. The van der Waals surface area contributed by atoms with Crippen LogP contribution in [-0.4, -0.2) is 19.6 Å². The summed E-state index contributed by atoms with van der Waals surface area (Å²) in [6.07, 6.45) is 4.46. The van der Waals surface area contributed by atoms with Crippen LogP contribution in [0.25, 0.3) is 0 Å². The summed E-state index contributed by atoms with van der Waals surface area (Å²) < 4.78 is 35.7. The molecule has 1 aromatic heterocycles. The van der Waals surface area contributed by atoms with Gasteiger partial charge in [0.05, 0.1) is 0 Å². The second kappa shape index (κ2) is 5.38. The van der Waals surface area contributed by atoms with Crippen LogP contribution in [0.5, 0.6) is 0 Å². The maximum Gasteiger partial charge on any atom is 0.397 e. The Morgan fingerprint density at radius 2 is 2.25 bits per heavy atom. The molecule has 1 rings (SSSR count). The number of pyridine rings is 1. The van der Waals surface area contributed by atoms with E-state index in [1.54, 1.807) is 0 Å². The summed E-state index contributed by atoms with van der Waals surface area (Å²) in [5, 5.41) is 0. The van der Waals surface area contributed by atoms with Crippen LogP contribution >= 0.6 is 0 Å². The Hall–Kier alpha value is -0.980. The van der Waals surface area contributed by atoms with E-state index in [4.69, 9.17) is 4.55 Å². The number of hydrogen-bond acceptors (Lipinski definition) is 3. The number of aryl methyl sites for hydroxylation is 1. The molecule has 16 heavy (non-hydrogen) atoms. The minimum Gasteiger partial charge on any atom is -0.264 e. The zero-order valence-electron chi connectivity index (χ0n) is 9.33. The summed E-state index contributed by atoms with van der Waals surface area (Å²) in [7, 11) is -4.36. The largest absolute Gasteiger partial charge is 0.397 e. The van der Waals surface area contributed by atoms with E-state index in [-0.39, 0.29) is 12.6 Å². The highest BCUT2D eigenvalue weighted by molar-refractivity contribution is 7.80. The van der Waals surface area contributed by atoms with Crippen LogP contribution in [0.2, 0.25) is 0 Å². The van der Waals surface area contributed by atoms with Crippen molar-refractivity contribution in [2.45, 2.75) is 26.3 Å². The van der Waals surface area contributed by atoms with Gasteiger partial charge in [-0.3, -0.25) is 4.55 Å². The molecule has 0 amide bonds. The minimum atomic E-state index is -4.36. The van der Waals surface area contributed by atoms with Crippen molar-refractivity contribution in [3.63, 3.8) is 0 Å². The molecule has 1 heterocycles. The third-order valence-corrected chi connectivity index (χ3v) is 2.71. The predicted octanol–water partition coefficient (Wildman–Crippen LogP) is 1.05. The molecule has 0 aliphatic rings. The van der Waals surface area contributed by atoms with Gasteiger partial charge in [-0.2, -0.15) is 13.0 Å². The van der Waals surface area contributed by atoms with E-state index < -0.39 is 10.4 Å². The van der Waals surface area contributed by atoms with Gasteiger partial charge in [-0.25, -0.2) is 4.18 Å². The summed E-state index contributed by atoms with van der Waals surface area (Å²) in [5.74, 6) is 0. The topological polar surface area (TPSA) is 67.5 Å². The van der Waals surface area contributed by atoms with Gasteiger partial charge < -0.3 is 0 Å². The Morgan fingerprint density at radius 1 is 1.56 bits per heavy atom. The lowest BCUT2D eigenvalue weighted by molar-refractivity contribution is -0.724. The van der Waals surface area contributed by atoms with Gasteiger partial charge in [0, 0.05) is 18.1 Å². The summed E-state index contributed by atoms with van der Waals surface area (Å²) in [5.41, 5.74) is 1.08. The molecule has 0 aromatic carbocycles. The van der Waals surface area contributed by atoms with Crippen LogP contribution < -0.4 is 4.57 Å². The van der Waals surface area contributed by atoms with Crippen molar-refractivity contribution in [3.8, 4) is 0 Å². The van der Waals surface area contributed by atoms with Crippen molar-refractivity contribution < 1.29 is 21.7 Å². The van der Waals surface area contributed by atoms with Crippen LogP contribution in [0.1, 0.15) is 24.9 Å². The first-order valence-corrected chi connectivity index (χ1v) is 6.38. The van der Waals surface area contributed by atoms with Crippen molar-refractivity contribution >= 4 is 10.4 Å². The van der Waals surface area contributed by atoms with Crippen LogP contribution in [0.3, 0.4) is 0 Å². The van der Waals surface area contributed by atoms with Crippen LogP contribution in [0.4, 0.5) is 0 Å². The molecule has 0 saturated carbocycles. The highest BCUT2D eigenvalue weighted by atomic mass is 32.3. The van der Waals surface area contributed by atoms with Gasteiger partial charge in [0.2, 0.25) is 0 Å². The lowest BCUT2D eigenvalue weighted by Crippen LogP contribution is -2.41. The van der Waals surface area contributed by atoms with E-state index >= 15 is 0 Å². The second-order valence-electron chi connectivity index (χ2n) is 3.60. The molecule has 5 nitrogen and oxygen atoms in total. The first kappa shape index (κ1) is 13.1. The molecule has 1 unspecified atom stereocenters. The normalized spacial score (nSPS) is 13.7. The fourth-order valence-electron chi connectivity index (χ4n) is 1.42. The van der Waals surface area contributed by atoms with Crippen molar-refractivity contribution in [2.24, 2.45) is 0 Å². The number of hydrogen-bond donors (Lipinski definition) is 1. The second-order valence-corrected chi connectivity index (χ2v) is 4.69. The molecule has 6 heteroatoms. The van der Waals surface area contributed by atoms with Crippen LogP contribution in [0.15, 0.2) is 24.5 Å². The molecular weight excluding hydrogens is 230 g/mol. The van der Waals surface area contributed by atoms with Crippen molar-refractivity contribution in [3.05, 3.63) is 30.1 Å². The molecule has 90 valence electrons. The summed E-state index contributed by atoms with van der Waals surface area (Å²) >= 11 is 0. The maximum absolute atomic E-state index is 10.5. The molecule has 1 aromatic rings. The van der Waals surface area contributed by atoms with Gasteiger partial charge in [-0.15, -0.1) is 0 Å². The summed E-state index contributed by atoms with van der Waals surface area (Å²) in [6.45, 7) is 3.81. The molecule has 1 N–H and O–H groups in total. The van der Waals surface area contributed by atoms with Gasteiger partial charge in [0.1, 0.15) is 6.61 Å². The average molecular weight is 246 g/mol. The van der Waals surface area contributed by atoms with E-state index in [1.165, 1.54) is 0 Å². The van der Waals surface area contributed by atoms with Crippen molar-refractivity contribution in [1.82, 2.24) is 0 Å². The van der Waals surface area contributed by atoms with E-state index in [9.17, 15) is 8.42 Å². The summed E-state index contributed by atoms with van der Waals surface area (Å²) in [4.78, 5) is 0. The van der Waals surface area contributed by atoms with Gasteiger partial charge >= 0.3 is 10.4 Å². The van der Waals surface area contributed by atoms with Crippen LogP contribution in [-0.2, 0) is 14.6 Å². The summed E-state index contributed by atoms with van der Waals surface area (Å²) in [6, 6.07) is 3.72. The van der Waals surface area contributed by atoms with Crippen molar-refractivity contribution in [2.75, 3.05) is 6.61 Å². The minimum absolute atomic E-state index is 0.0660. The molecule has 0 fully saturated rings. The fraction of sp³-hybridized carbons (Fsp3) is 0.500. The highest BCUT2D eigenvalue weighted by Crippen LogP contribution is 2.05. The Kier molecular flexibility index (Phi) is 4.40. The Labute approximate surface area is 95.6 Å². The third-order valence-electron chi connectivity index (χ3n) is 2.27. The molecule has 1 atom stereocenters. The maximum atomic E-state index is 10.5. The zero-order chi connectivity index (χ0) is 12.2. The average Bonchev–Trinajstić information content (AvgIpc) is 2.17. The molecule has 0 aliphatic heterocycles. The molecule has 0 spiro atoms. The molecule has 0 radical (unpaired) electrons. The quantitative estimate of drug-likeness (QED) is 0.623. The number of nitrogens with zero attached hydrogens (tertiary/aromatic N) is 1. The lowest BCUT2D eigenvalue weighted by atomic mass is 10.2. The Bertz CT molecular complexity index is 444. The van der Waals surface area contributed by atoms with Crippen molar-refractivity contribution in [1.29, 1.82) is 0 Å². The number of aromatic nitrogens is 1. The van der Waals surface area contributed by atoms with E-state index in [0.717, 1.165) is 5.56 Å². The van der Waals surface area contributed by atoms with Crippen LogP contribution in [0, 0.1) is 6.92 Å². The third kappa shape index (κ3) is 4.26. The molecule has 0 saturated heterocycles. The lowest BCUT2D eigenvalue weighted by Gasteiger charge is -2.09. The first-order valence-electron chi connectivity index (χ1n) is 5.01. The Balaban J connectivity index is 2.75. The van der Waals surface area contributed by atoms with Gasteiger partial charge in [0.15, 0.2) is 18.4 Å². The smallest absolute Gasteiger partial charge is 0.264 e. The first-order chi connectivity index (χ1) is 7.42. The van der Waals surface area contributed by atoms with Gasteiger partial charge in [-0.05, 0) is 13.0 Å². The van der Waals surface area contributed by atoms with E-state index in [2.05, 4.69) is 4.18 Å². The Morgan fingerprint density at radius 3 is 2.75 bits per heavy atom. The fourth-order valence-corrected chi connectivity index (χ4v) is 1.75. The van der Waals surface area contributed by atoms with Gasteiger partial charge in [0.25, 0.3) is 0 Å². The molecule has 0 bridgehead atoms. The van der Waals surface area contributed by atoms with E-state index in [1.807, 2.05) is 42.9 Å². The highest BCUT2D eigenvalue weighted by Gasteiger charge is 2.19.